The number of carbonyl (C=O) groups is 1. The second kappa shape index (κ2) is 8.26. The second-order valence-electron chi connectivity index (χ2n) is 6.55. The Balaban J connectivity index is 2.33. The van der Waals surface area contributed by atoms with Crippen LogP contribution >= 0.6 is 0 Å². The van der Waals surface area contributed by atoms with Crippen molar-refractivity contribution in [3.05, 3.63) is 23.8 Å². The van der Waals surface area contributed by atoms with E-state index in [1.807, 2.05) is 0 Å². The van der Waals surface area contributed by atoms with E-state index in [0.717, 1.165) is 16.1 Å². The van der Waals surface area contributed by atoms with E-state index < -0.39 is 20.0 Å². The molecule has 0 spiro atoms. The van der Waals surface area contributed by atoms with Gasteiger partial charge in [0.15, 0.2) is 0 Å². The first kappa shape index (κ1) is 21.8. The SMILES string of the molecule is CCN(CC)S(=O)(=O)c1ccc2c(c1)CCCN2C(=O)CN(C)S(C)(=O)=O. The second-order valence-corrected chi connectivity index (χ2v) is 10.6. The van der Waals surface area contributed by atoms with Gasteiger partial charge in [0.05, 0.1) is 17.7 Å². The van der Waals surface area contributed by atoms with Crippen LogP contribution in [-0.2, 0) is 31.3 Å². The quantitative estimate of drug-likeness (QED) is 0.657. The molecule has 0 radical (unpaired) electrons. The molecule has 0 fully saturated rings. The van der Waals surface area contributed by atoms with Crippen LogP contribution in [0.25, 0.3) is 0 Å². The highest BCUT2D eigenvalue weighted by Crippen LogP contribution is 2.30. The minimum atomic E-state index is -3.57. The zero-order valence-corrected chi connectivity index (χ0v) is 17.8. The van der Waals surface area contributed by atoms with E-state index in [1.165, 1.54) is 22.3 Å². The lowest BCUT2D eigenvalue weighted by molar-refractivity contribution is -0.118. The number of anilines is 1. The van der Waals surface area contributed by atoms with Crippen molar-refractivity contribution in [1.82, 2.24) is 8.61 Å². The third-order valence-electron chi connectivity index (χ3n) is 4.74. The largest absolute Gasteiger partial charge is 0.311 e. The number of carbonyl (C=O) groups excluding carboxylic acids is 1. The Hall–Kier alpha value is -1.49. The maximum atomic E-state index is 12.7. The Morgan fingerprint density at radius 3 is 2.33 bits per heavy atom. The van der Waals surface area contributed by atoms with Gasteiger partial charge in [0.1, 0.15) is 0 Å². The average molecular weight is 418 g/mol. The topological polar surface area (TPSA) is 95.1 Å². The van der Waals surface area contributed by atoms with Gasteiger partial charge in [-0.2, -0.15) is 8.61 Å². The summed E-state index contributed by atoms with van der Waals surface area (Å²) in [6, 6.07) is 4.78. The highest BCUT2D eigenvalue weighted by atomic mass is 32.2. The zero-order valence-electron chi connectivity index (χ0n) is 16.2. The Bertz CT molecular complexity index is 908. The Kier molecular flexibility index (Phi) is 6.67. The third-order valence-corrected chi connectivity index (χ3v) is 8.05. The van der Waals surface area contributed by atoms with Gasteiger partial charge in [-0.25, -0.2) is 16.8 Å². The number of hydrogen-bond acceptors (Lipinski definition) is 5. The van der Waals surface area contributed by atoms with Gasteiger partial charge in [-0.15, -0.1) is 0 Å². The molecule has 10 heteroatoms. The van der Waals surface area contributed by atoms with E-state index in [0.29, 0.717) is 38.2 Å². The van der Waals surface area contributed by atoms with Crippen molar-refractivity contribution in [3.63, 3.8) is 0 Å². The van der Waals surface area contributed by atoms with Crippen LogP contribution in [0.2, 0.25) is 0 Å². The molecule has 0 N–H and O–H groups in total. The fourth-order valence-electron chi connectivity index (χ4n) is 3.10. The molecule has 1 aliphatic heterocycles. The van der Waals surface area contributed by atoms with E-state index in [-0.39, 0.29) is 17.3 Å². The first-order valence-corrected chi connectivity index (χ1v) is 12.2. The maximum Gasteiger partial charge on any atom is 0.243 e. The molecule has 8 nitrogen and oxygen atoms in total. The minimum absolute atomic E-state index is 0.215. The number of nitrogens with zero attached hydrogens (tertiary/aromatic N) is 3. The van der Waals surface area contributed by atoms with Crippen LogP contribution < -0.4 is 4.90 Å². The lowest BCUT2D eigenvalue weighted by Crippen LogP contribution is -2.43. The summed E-state index contributed by atoms with van der Waals surface area (Å²) in [5.74, 6) is -0.330. The smallest absolute Gasteiger partial charge is 0.243 e. The average Bonchev–Trinajstić information content (AvgIpc) is 2.60. The maximum absolute atomic E-state index is 12.7. The molecule has 27 heavy (non-hydrogen) atoms. The molecule has 0 atom stereocenters. The Labute approximate surface area is 161 Å². The normalized spacial score (nSPS) is 15.3. The molecule has 1 aromatic carbocycles. The summed E-state index contributed by atoms with van der Waals surface area (Å²) in [5.41, 5.74) is 1.43. The molecule has 2 rings (SSSR count). The number of benzene rings is 1. The van der Waals surface area contributed by atoms with Gasteiger partial charge in [-0.3, -0.25) is 4.79 Å². The summed E-state index contributed by atoms with van der Waals surface area (Å²) in [7, 11) is -5.66. The zero-order chi connectivity index (χ0) is 20.4. The molecule has 0 bridgehead atoms. The molecule has 0 aliphatic carbocycles. The van der Waals surface area contributed by atoms with E-state index >= 15 is 0 Å². The number of amides is 1. The third kappa shape index (κ3) is 4.68. The molecule has 0 aromatic heterocycles. The number of hydrogen-bond donors (Lipinski definition) is 0. The summed E-state index contributed by atoms with van der Waals surface area (Å²) in [5, 5.41) is 0. The molecular weight excluding hydrogens is 390 g/mol. The van der Waals surface area contributed by atoms with Gasteiger partial charge in [-0.05, 0) is 36.6 Å². The number of fused-ring (bicyclic) bond motifs is 1. The van der Waals surface area contributed by atoms with Crippen molar-refractivity contribution in [1.29, 1.82) is 0 Å². The first-order valence-electron chi connectivity index (χ1n) is 8.87. The van der Waals surface area contributed by atoms with Gasteiger partial charge >= 0.3 is 0 Å². The molecule has 1 heterocycles. The Morgan fingerprint density at radius 1 is 1.15 bits per heavy atom. The minimum Gasteiger partial charge on any atom is -0.311 e. The Morgan fingerprint density at radius 2 is 1.78 bits per heavy atom. The summed E-state index contributed by atoms with van der Waals surface area (Å²) in [4.78, 5) is 14.3. The summed E-state index contributed by atoms with van der Waals surface area (Å²) < 4.78 is 50.9. The van der Waals surface area contributed by atoms with E-state index in [2.05, 4.69) is 0 Å². The van der Waals surface area contributed by atoms with Crippen LogP contribution in [-0.4, -0.2) is 70.8 Å². The molecular formula is C17H27N3O5S2. The van der Waals surface area contributed by atoms with Crippen LogP contribution in [0.5, 0.6) is 0 Å². The van der Waals surface area contributed by atoms with Gasteiger partial charge in [-0.1, -0.05) is 13.8 Å². The molecule has 1 aliphatic rings. The number of sulfonamides is 2. The van der Waals surface area contributed by atoms with Gasteiger partial charge in [0, 0.05) is 32.4 Å². The summed E-state index contributed by atoms with van der Waals surface area (Å²) in [6.45, 7) is 4.58. The van der Waals surface area contributed by atoms with E-state index in [1.54, 1.807) is 26.0 Å². The predicted octanol–water partition coefficient (Wildman–Crippen LogP) is 0.888. The lowest BCUT2D eigenvalue weighted by atomic mass is 10.0. The number of likely N-dealkylation sites (N-methyl/N-ethyl adjacent to an activating group) is 1. The molecule has 1 amide bonds. The van der Waals surface area contributed by atoms with Crippen molar-refractivity contribution in [3.8, 4) is 0 Å². The van der Waals surface area contributed by atoms with Crippen LogP contribution in [0.4, 0.5) is 5.69 Å². The highest BCUT2D eigenvalue weighted by Gasteiger charge is 2.28. The summed E-state index contributed by atoms with van der Waals surface area (Å²) in [6.07, 6.45) is 2.41. The van der Waals surface area contributed by atoms with Crippen molar-refractivity contribution in [2.75, 3.05) is 44.4 Å². The molecule has 0 saturated carbocycles. The summed E-state index contributed by atoms with van der Waals surface area (Å²) >= 11 is 0. The van der Waals surface area contributed by atoms with Crippen LogP contribution in [0.3, 0.4) is 0 Å². The van der Waals surface area contributed by atoms with Gasteiger partial charge < -0.3 is 4.90 Å². The van der Waals surface area contributed by atoms with Crippen molar-refractivity contribution in [2.24, 2.45) is 0 Å². The molecule has 1 aromatic rings. The van der Waals surface area contributed by atoms with Crippen LogP contribution in [0, 0.1) is 0 Å². The van der Waals surface area contributed by atoms with Gasteiger partial charge in [0.2, 0.25) is 26.0 Å². The monoisotopic (exact) mass is 417 g/mol. The molecule has 0 unspecified atom stereocenters. The fourth-order valence-corrected chi connectivity index (χ4v) is 4.95. The number of rotatable bonds is 7. The molecule has 0 saturated heterocycles. The predicted molar refractivity (Wildman–Crippen MR) is 105 cm³/mol. The van der Waals surface area contributed by atoms with Crippen LogP contribution in [0.1, 0.15) is 25.8 Å². The molecule has 152 valence electrons. The highest BCUT2D eigenvalue weighted by molar-refractivity contribution is 7.89. The van der Waals surface area contributed by atoms with Crippen molar-refractivity contribution in [2.45, 2.75) is 31.6 Å². The number of aryl methyl sites for hydroxylation is 1. The van der Waals surface area contributed by atoms with Crippen molar-refractivity contribution < 1.29 is 21.6 Å². The van der Waals surface area contributed by atoms with E-state index in [9.17, 15) is 21.6 Å². The van der Waals surface area contributed by atoms with Crippen LogP contribution in [0.15, 0.2) is 23.1 Å². The standard InChI is InChI=1S/C17H27N3O5S2/c1-5-19(6-2)27(24,25)15-9-10-16-14(12-15)8-7-11-20(16)17(21)13-18(3)26(4,22)23/h9-10,12H,5-8,11,13H2,1-4H3. The van der Waals surface area contributed by atoms with Gasteiger partial charge in [0.25, 0.3) is 0 Å². The van der Waals surface area contributed by atoms with E-state index in [4.69, 9.17) is 0 Å². The first-order chi connectivity index (χ1) is 12.5. The fraction of sp³-hybridized carbons (Fsp3) is 0.588. The van der Waals surface area contributed by atoms with Crippen molar-refractivity contribution >= 4 is 31.6 Å². The lowest BCUT2D eigenvalue weighted by Gasteiger charge is -2.31.